The van der Waals surface area contributed by atoms with Gasteiger partial charge in [-0.1, -0.05) is 0 Å². The van der Waals surface area contributed by atoms with Gasteiger partial charge in [0.1, 0.15) is 11.6 Å². The summed E-state index contributed by atoms with van der Waals surface area (Å²) >= 11 is 0. The van der Waals surface area contributed by atoms with Crippen LogP contribution in [0.25, 0.3) is 0 Å². The monoisotopic (exact) mass is 280 g/mol. The largest absolute Gasteiger partial charge is 0.497 e. The number of halogens is 1. The molecule has 0 aliphatic heterocycles. The first-order chi connectivity index (χ1) is 9.58. The SMILES string of the molecule is COc1ccc(C(=O)OCC(=O)NCCC#N)c(F)c1. The van der Waals surface area contributed by atoms with Gasteiger partial charge in [-0.3, -0.25) is 4.79 Å². The molecule has 1 N–H and O–H groups in total. The van der Waals surface area contributed by atoms with Gasteiger partial charge in [-0.15, -0.1) is 0 Å². The van der Waals surface area contributed by atoms with Gasteiger partial charge in [0.05, 0.1) is 25.2 Å². The van der Waals surface area contributed by atoms with E-state index in [2.05, 4.69) is 10.1 Å². The van der Waals surface area contributed by atoms with Gasteiger partial charge in [0, 0.05) is 12.6 Å². The predicted molar refractivity (Wildman–Crippen MR) is 66.5 cm³/mol. The molecular formula is C13H13FN2O4. The third-order valence-corrected chi connectivity index (χ3v) is 2.29. The Labute approximate surface area is 115 Å². The van der Waals surface area contributed by atoms with Crippen LogP contribution in [-0.2, 0) is 9.53 Å². The van der Waals surface area contributed by atoms with Crippen molar-refractivity contribution in [1.82, 2.24) is 5.32 Å². The lowest BCUT2D eigenvalue weighted by atomic mass is 10.2. The van der Waals surface area contributed by atoms with E-state index in [1.54, 1.807) is 0 Å². The van der Waals surface area contributed by atoms with Crippen molar-refractivity contribution in [3.05, 3.63) is 29.6 Å². The van der Waals surface area contributed by atoms with E-state index in [1.165, 1.54) is 19.2 Å². The van der Waals surface area contributed by atoms with Crippen LogP contribution < -0.4 is 10.1 Å². The van der Waals surface area contributed by atoms with Crippen LogP contribution in [0.1, 0.15) is 16.8 Å². The first-order valence-electron chi connectivity index (χ1n) is 5.72. The number of amides is 1. The fraction of sp³-hybridized carbons (Fsp3) is 0.308. The molecule has 0 saturated carbocycles. The van der Waals surface area contributed by atoms with Gasteiger partial charge in [0.15, 0.2) is 6.61 Å². The van der Waals surface area contributed by atoms with Gasteiger partial charge in [0.2, 0.25) is 0 Å². The number of nitrogens with one attached hydrogen (secondary N) is 1. The summed E-state index contributed by atoms with van der Waals surface area (Å²) in [6, 6.07) is 5.52. The standard InChI is InChI=1S/C13H13FN2O4/c1-19-9-3-4-10(11(14)7-9)13(18)20-8-12(17)16-6-2-5-15/h3-4,7H,2,6,8H2,1H3,(H,16,17). The molecule has 106 valence electrons. The number of hydrogen-bond acceptors (Lipinski definition) is 5. The molecule has 1 aromatic rings. The number of carbonyl (C=O) groups excluding carboxylic acids is 2. The molecular weight excluding hydrogens is 267 g/mol. The first kappa shape index (κ1) is 15.4. The zero-order chi connectivity index (χ0) is 15.0. The number of nitrogens with zero attached hydrogens (tertiary/aromatic N) is 1. The summed E-state index contributed by atoms with van der Waals surface area (Å²) in [5, 5.41) is 10.7. The molecule has 0 radical (unpaired) electrons. The number of benzene rings is 1. The van der Waals surface area contributed by atoms with E-state index >= 15 is 0 Å². The molecule has 1 aromatic carbocycles. The predicted octanol–water partition coefficient (Wildman–Crippen LogP) is 1.02. The number of nitriles is 1. The highest BCUT2D eigenvalue weighted by molar-refractivity contribution is 5.91. The molecule has 0 bridgehead atoms. The molecule has 0 aliphatic carbocycles. The third-order valence-electron chi connectivity index (χ3n) is 2.29. The molecule has 1 rings (SSSR count). The van der Waals surface area contributed by atoms with Crippen LogP contribution in [0, 0.1) is 17.1 Å². The van der Waals surface area contributed by atoms with E-state index in [0.29, 0.717) is 0 Å². The van der Waals surface area contributed by atoms with Crippen LogP contribution in [-0.4, -0.2) is 32.1 Å². The van der Waals surface area contributed by atoms with E-state index in [9.17, 15) is 14.0 Å². The smallest absolute Gasteiger partial charge is 0.341 e. The maximum absolute atomic E-state index is 13.5. The molecule has 0 saturated heterocycles. The lowest BCUT2D eigenvalue weighted by Gasteiger charge is -2.07. The molecule has 0 fully saturated rings. The van der Waals surface area contributed by atoms with Gasteiger partial charge in [-0.25, -0.2) is 9.18 Å². The Morgan fingerprint density at radius 3 is 2.80 bits per heavy atom. The molecule has 0 aromatic heterocycles. The van der Waals surface area contributed by atoms with Crippen molar-refractivity contribution < 1.29 is 23.5 Å². The Morgan fingerprint density at radius 2 is 2.20 bits per heavy atom. The van der Waals surface area contributed by atoms with Crippen molar-refractivity contribution in [3.63, 3.8) is 0 Å². The van der Waals surface area contributed by atoms with Crippen molar-refractivity contribution in [2.24, 2.45) is 0 Å². The van der Waals surface area contributed by atoms with Crippen LogP contribution in [0.3, 0.4) is 0 Å². The topological polar surface area (TPSA) is 88.4 Å². The van der Waals surface area contributed by atoms with Crippen molar-refractivity contribution in [2.45, 2.75) is 6.42 Å². The molecule has 0 spiro atoms. The van der Waals surface area contributed by atoms with Gasteiger partial charge in [-0.2, -0.15) is 5.26 Å². The second-order valence-corrected chi connectivity index (χ2v) is 3.68. The Morgan fingerprint density at radius 1 is 1.45 bits per heavy atom. The maximum Gasteiger partial charge on any atom is 0.341 e. The molecule has 0 unspecified atom stereocenters. The fourth-order valence-corrected chi connectivity index (χ4v) is 1.31. The van der Waals surface area contributed by atoms with Crippen LogP contribution >= 0.6 is 0 Å². The minimum atomic E-state index is -0.944. The minimum Gasteiger partial charge on any atom is -0.497 e. The van der Waals surface area contributed by atoms with Crippen LogP contribution in [0.5, 0.6) is 5.75 Å². The van der Waals surface area contributed by atoms with E-state index in [0.717, 1.165) is 6.07 Å². The molecule has 6 nitrogen and oxygen atoms in total. The van der Waals surface area contributed by atoms with Gasteiger partial charge >= 0.3 is 5.97 Å². The van der Waals surface area contributed by atoms with Crippen molar-refractivity contribution in [2.75, 3.05) is 20.3 Å². The lowest BCUT2D eigenvalue weighted by molar-refractivity contribution is -0.124. The molecule has 7 heteroatoms. The zero-order valence-electron chi connectivity index (χ0n) is 10.8. The minimum absolute atomic E-state index is 0.160. The van der Waals surface area contributed by atoms with E-state index in [-0.39, 0.29) is 24.3 Å². The van der Waals surface area contributed by atoms with Crippen molar-refractivity contribution >= 4 is 11.9 Å². The average molecular weight is 280 g/mol. The number of hydrogen-bond donors (Lipinski definition) is 1. The Kier molecular flexibility index (Phi) is 5.97. The normalized spacial score (nSPS) is 9.45. The zero-order valence-corrected chi connectivity index (χ0v) is 10.8. The van der Waals surface area contributed by atoms with E-state index in [4.69, 9.17) is 10.00 Å². The number of methoxy groups -OCH3 is 1. The summed E-state index contributed by atoms with van der Waals surface area (Å²) in [7, 11) is 1.37. The molecule has 0 heterocycles. The molecule has 0 aliphatic rings. The average Bonchev–Trinajstić information content (AvgIpc) is 2.44. The second kappa shape index (κ2) is 7.74. The number of carbonyl (C=O) groups is 2. The molecule has 20 heavy (non-hydrogen) atoms. The van der Waals surface area contributed by atoms with Gasteiger partial charge in [0.25, 0.3) is 5.91 Å². The summed E-state index contributed by atoms with van der Waals surface area (Å²) in [6.07, 6.45) is 0.160. The summed E-state index contributed by atoms with van der Waals surface area (Å²) in [5.74, 6) is -2.02. The Hall–Kier alpha value is -2.62. The Balaban J connectivity index is 2.51. The lowest BCUT2D eigenvalue weighted by Crippen LogP contribution is -2.29. The van der Waals surface area contributed by atoms with Crippen LogP contribution in [0.4, 0.5) is 4.39 Å². The van der Waals surface area contributed by atoms with Gasteiger partial charge in [-0.05, 0) is 12.1 Å². The van der Waals surface area contributed by atoms with E-state index in [1.807, 2.05) is 6.07 Å². The maximum atomic E-state index is 13.5. The summed E-state index contributed by atoms with van der Waals surface area (Å²) in [6.45, 7) is -0.362. The third kappa shape index (κ3) is 4.57. The molecule has 0 atom stereocenters. The number of esters is 1. The summed E-state index contributed by atoms with van der Waals surface area (Å²) in [4.78, 5) is 22.8. The van der Waals surface area contributed by atoms with Crippen LogP contribution in [0.15, 0.2) is 18.2 Å². The quantitative estimate of drug-likeness (QED) is 0.621. The molecule has 1 amide bonds. The first-order valence-corrected chi connectivity index (χ1v) is 5.72. The highest BCUT2D eigenvalue weighted by Gasteiger charge is 2.15. The summed E-state index contributed by atoms with van der Waals surface area (Å²) in [5.41, 5.74) is -0.282. The van der Waals surface area contributed by atoms with Crippen molar-refractivity contribution in [1.29, 1.82) is 5.26 Å². The Bertz CT molecular complexity index is 540. The summed E-state index contributed by atoms with van der Waals surface area (Å²) < 4.78 is 23.0. The number of ether oxygens (including phenoxy) is 2. The van der Waals surface area contributed by atoms with Crippen molar-refractivity contribution in [3.8, 4) is 11.8 Å². The highest BCUT2D eigenvalue weighted by Crippen LogP contribution is 2.16. The van der Waals surface area contributed by atoms with Crippen LogP contribution in [0.2, 0.25) is 0 Å². The second-order valence-electron chi connectivity index (χ2n) is 3.68. The highest BCUT2D eigenvalue weighted by atomic mass is 19.1. The number of rotatable bonds is 6. The van der Waals surface area contributed by atoms with Gasteiger partial charge < -0.3 is 14.8 Å². The fourth-order valence-electron chi connectivity index (χ4n) is 1.31. The van der Waals surface area contributed by atoms with E-state index < -0.39 is 24.3 Å².